The van der Waals surface area contributed by atoms with E-state index >= 15 is 0 Å². The summed E-state index contributed by atoms with van der Waals surface area (Å²) in [5.41, 5.74) is 3.72. The van der Waals surface area contributed by atoms with Gasteiger partial charge < -0.3 is 10.0 Å². The van der Waals surface area contributed by atoms with Crippen molar-refractivity contribution in [2.75, 3.05) is 26.2 Å². The Labute approximate surface area is 193 Å². The SMILES string of the molecule is O=C(c1cccc(F)c1)N1CCCCN2[C@H](C1)[C@H](c1ccc(-c3cccnc3)cc1)[C@@H]2CO. The van der Waals surface area contributed by atoms with E-state index in [1.807, 2.05) is 23.2 Å². The highest BCUT2D eigenvalue weighted by Gasteiger charge is 2.49. The standard InChI is InChI=1S/C27H28FN3O2/c28-23-7-3-5-21(15-23)27(33)30-13-1-2-14-31-24(17-30)26(25(31)18-32)20-10-8-19(9-11-20)22-6-4-12-29-16-22/h3-12,15-16,24-26,32H,1-2,13-14,17-18H2/t24-,25+,26+/m1/s1. The Balaban J connectivity index is 1.39. The number of aliphatic hydroxyl groups excluding tert-OH is 1. The molecular formula is C27H28FN3O2. The van der Waals surface area contributed by atoms with E-state index in [1.165, 1.54) is 17.7 Å². The minimum atomic E-state index is -0.398. The number of hydrogen-bond acceptors (Lipinski definition) is 4. The smallest absolute Gasteiger partial charge is 0.254 e. The first kappa shape index (κ1) is 21.7. The molecule has 2 aromatic carbocycles. The van der Waals surface area contributed by atoms with Crippen LogP contribution in [0.25, 0.3) is 11.1 Å². The van der Waals surface area contributed by atoms with Crippen molar-refractivity contribution in [3.8, 4) is 11.1 Å². The first-order valence-corrected chi connectivity index (χ1v) is 11.6. The fraction of sp³-hybridized carbons (Fsp3) is 0.333. The first-order valence-electron chi connectivity index (χ1n) is 11.6. The molecule has 0 unspecified atom stereocenters. The summed E-state index contributed by atoms with van der Waals surface area (Å²) in [5.74, 6) is -0.390. The molecule has 0 aliphatic carbocycles. The zero-order valence-corrected chi connectivity index (χ0v) is 18.5. The van der Waals surface area contributed by atoms with E-state index in [0.29, 0.717) is 18.7 Å². The summed E-state index contributed by atoms with van der Waals surface area (Å²) >= 11 is 0. The molecule has 5 nitrogen and oxygen atoms in total. The molecule has 2 saturated heterocycles. The lowest BCUT2D eigenvalue weighted by molar-refractivity contribution is -0.0606. The van der Waals surface area contributed by atoms with Crippen LogP contribution >= 0.6 is 0 Å². The van der Waals surface area contributed by atoms with Crippen molar-refractivity contribution in [1.29, 1.82) is 0 Å². The Kier molecular flexibility index (Phi) is 6.20. The van der Waals surface area contributed by atoms with Crippen molar-refractivity contribution in [2.24, 2.45) is 0 Å². The number of aromatic nitrogens is 1. The first-order chi connectivity index (χ1) is 16.2. The third kappa shape index (κ3) is 4.28. The Hall–Kier alpha value is -3.09. The number of halogens is 1. The monoisotopic (exact) mass is 445 g/mol. The molecule has 5 rings (SSSR count). The van der Waals surface area contributed by atoms with Gasteiger partial charge in [0.2, 0.25) is 0 Å². The summed E-state index contributed by atoms with van der Waals surface area (Å²) in [6, 6.07) is 18.5. The molecule has 1 amide bonds. The topological polar surface area (TPSA) is 56.7 Å². The number of pyridine rings is 1. The van der Waals surface area contributed by atoms with Gasteiger partial charge in [0, 0.05) is 49.0 Å². The highest BCUT2D eigenvalue weighted by molar-refractivity contribution is 5.94. The van der Waals surface area contributed by atoms with Gasteiger partial charge in [0.05, 0.1) is 6.61 Å². The number of carbonyl (C=O) groups is 1. The van der Waals surface area contributed by atoms with Crippen LogP contribution in [-0.2, 0) is 0 Å². The highest BCUT2D eigenvalue weighted by atomic mass is 19.1. The van der Waals surface area contributed by atoms with Gasteiger partial charge in [-0.15, -0.1) is 0 Å². The van der Waals surface area contributed by atoms with Gasteiger partial charge in [-0.05, 0) is 60.3 Å². The van der Waals surface area contributed by atoms with Crippen molar-refractivity contribution in [1.82, 2.24) is 14.8 Å². The Morgan fingerprint density at radius 2 is 1.85 bits per heavy atom. The van der Waals surface area contributed by atoms with E-state index in [0.717, 1.165) is 30.5 Å². The van der Waals surface area contributed by atoms with E-state index in [-0.39, 0.29) is 30.5 Å². The normalized spacial score (nSPS) is 23.2. The third-order valence-corrected chi connectivity index (χ3v) is 7.02. The fourth-order valence-electron chi connectivity index (χ4n) is 5.36. The molecule has 0 bridgehead atoms. The Morgan fingerprint density at radius 1 is 1.03 bits per heavy atom. The molecule has 2 aliphatic rings. The molecule has 33 heavy (non-hydrogen) atoms. The Morgan fingerprint density at radius 3 is 2.58 bits per heavy atom. The van der Waals surface area contributed by atoms with Crippen LogP contribution in [0.2, 0.25) is 0 Å². The lowest BCUT2D eigenvalue weighted by Crippen LogP contribution is -2.67. The van der Waals surface area contributed by atoms with Gasteiger partial charge in [-0.25, -0.2) is 4.39 Å². The highest BCUT2D eigenvalue weighted by Crippen LogP contribution is 2.42. The van der Waals surface area contributed by atoms with Crippen LogP contribution in [0.15, 0.2) is 73.1 Å². The minimum Gasteiger partial charge on any atom is -0.395 e. The second kappa shape index (κ2) is 9.41. The summed E-state index contributed by atoms with van der Waals surface area (Å²) in [4.78, 5) is 21.6. The average molecular weight is 446 g/mol. The van der Waals surface area contributed by atoms with E-state index in [9.17, 15) is 14.3 Å². The van der Waals surface area contributed by atoms with Crippen molar-refractivity contribution < 1.29 is 14.3 Å². The van der Waals surface area contributed by atoms with Gasteiger partial charge in [0.15, 0.2) is 0 Å². The summed E-state index contributed by atoms with van der Waals surface area (Å²) in [6.07, 6.45) is 5.47. The van der Waals surface area contributed by atoms with Crippen LogP contribution in [0.4, 0.5) is 4.39 Å². The average Bonchev–Trinajstić information content (AvgIpc) is 2.83. The van der Waals surface area contributed by atoms with Crippen molar-refractivity contribution in [2.45, 2.75) is 30.8 Å². The number of nitrogens with zero attached hydrogens (tertiary/aromatic N) is 3. The molecule has 0 saturated carbocycles. The Bertz CT molecular complexity index is 1110. The summed E-state index contributed by atoms with van der Waals surface area (Å²) < 4.78 is 13.7. The molecule has 1 N–H and O–H groups in total. The van der Waals surface area contributed by atoms with Crippen molar-refractivity contribution >= 4 is 5.91 Å². The van der Waals surface area contributed by atoms with Crippen molar-refractivity contribution in [3.63, 3.8) is 0 Å². The van der Waals surface area contributed by atoms with Gasteiger partial charge in [0.1, 0.15) is 5.82 Å². The quantitative estimate of drug-likeness (QED) is 0.661. The summed E-state index contributed by atoms with van der Waals surface area (Å²) in [7, 11) is 0. The predicted molar refractivity (Wildman–Crippen MR) is 125 cm³/mol. The maximum Gasteiger partial charge on any atom is 0.254 e. The molecule has 0 spiro atoms. The van der Waals surface area contributed by atoms with E-state index in [4.69, 9.17) is 0 Å². The predicted octanol–water partition coefficient (Wildman–Crippen LogP) is 3.95. The zero-order valence-electron chi connectivity index (χ0n) is 18.5. The van der Waals surface area contributed by atoms with Crippen LogP contribution in [0, 0.1) is 5.82 Å². The second-order valence-corrected chi connectivity index (χ2v) is 8.91. The molecule has 2 aliphatic heterocycles. The van der Waals surface area contributed by atoms with Gasteiger partial charge in [0.25, 0.3) is 5.91 Å². The molecule has 3 heterocycles. The largest absolute Gasteiger partial charge is 0.395 e. The zero-order chi connectivity index (χ0) is 22.8. The van der Waals surface area contributed by atoms with Crippen LogP contribution in [0.3, 0.4) is 0 Å². The van der Waals surface area contributed by atoms with E-state index in [2.05, 4.69) is 34.1 Å². The lowest BCUT2D eigenvalue weighted by atomic mass is 9.74. The number of carbonyl (C=O) groups excluding carboxylic acids is 1. The van der Waals surface area contributed by atoms with E-state index < -0.39 is 5.82 Å². The number of hydrogen-bond donors (Lipinski definition) is 1. The second-order valence-electron chi connectivity index (χ2n) is 8.91. The number of benzene rings is 2. The molecule has 6 heteroatoms. The molecule has 1 aromatic heterocycles. The molecule has 2 fully saturated rings. The van der Waals surface area contributed by atoms with Crippen molar-refractivity contribution in [3.05, 3.63) is 90.0 Å². The third-order valence-electron chi connectivity index (χ3n) is 7.02. The van der Waals surface area contributed by atoms with Crippen LogP contribution in [-0.4, -0.2) is 64.1 Å². The van der Waals surface area contributed by atoms with Crippen LogP contribution in [0.1, 0.15) is 34.7 Å². The number of rotatable bonds is 4. The maximum absolute atomic E-state index is 13.7. The number of amides is 1. The van der Waals surface area contributed by atoms with Gasteiger partial charge >= 0.3 is 0 Å². The van der Waals surface area contributed by atoms with Crippen LogP contribution < -0.4 is 0 Å². The molecule has 170 valence electrons. The molecule has 3 aromatic rings. The molecular weight excluding hydrogens is 417 g/mol. The fourth-order valence-corrected chi connectivity index (χ4v) is 5.36. The van der Waals surface area contributed by atoms with Gasteiger partial charge in [-0.2, -0.15) is 0 Å². The van der Waals surface area contributed by atoms with E-state index in [1.54, 1.807) is 18.3 Å². The molecule has 0 radical (unpaired) electrons. The van der Waals surface area contributed by atoms with Gasteiger partial charge in [-0.3, -0.25) is 14.7 Å². The summed E-state index contributed by atoms with van der Waals surface area (Å²) in [5, 5.41) is 10.2. The lowest BCUT2D eigenvalue weighted by Gasteiger charge is -2.57. The number of aliphatic hydroxyl groups is 1. The maximum atomic E-state index is 13.7. The number of fused-ring (bicyclic) bond motifs is 1. The molecule has 3 atom stereocenters. The van der Waals surface area contributed by atoms with Crippen LogP contribution in [0.5, 0.6) is 0 Å². The van der Waals surface area contributed by atoms with Gasteiger partial charge in [-0.1, -0.05) is 36.4 Å². The summed E-state index contributed by atoms with van der Waals surface area (Å²) in [6.45, 7) is 2.24. The minimum absolute atomic E-state index is 0.0449.